The standard InChI is InChI=1S/C13H15IO3/c14-12-6-5-11(7-9(12)8-13(15)16)17-10-3-1-2-4-10/h5-7,10H,1-4,8H2,(H,15,16). The molecule has 0 bridgehead atoms. The molecule has 1 aliphatic carbocycles. The summed E-state index contributed by atoms with van der Waals surface area (Å²) >= 11 is 2.16. The van der Waals surface area contributed by atoms with E-state index < -0.39 is 5.97 Å². The summed E-state index contributed by atoms with van der Waals surface area (Å²) in [5.74, 6) is -0.00509. The van der Waals surface area contributed by atoms with Crippen molar-refractivity contribution in [2.24, 2.45) is 0 Å². The van der Waals surface area contributed by atoms with Crippen molar-refractivity contribution in [1.82, 2.24) is 0 Å². The molecule has 1 fully saturated rings. The molecule has 3 nitrogen and oxygen atoms in total. The van der Waals surface area contributed by atoms with Crippen molar-refractivity contribution in [1.29, 1.82) is 0 Å². The summed E-state index contributed by atoms with van der Waals surface area (Å²) in [5, 5.41) is 8.82. The van der Waals surface area contributed by atoms with Crippen molar-refractivity contribution in [2.75, 3.05) is 0 Å². The van der Waals surface area contributed by atoms with E-state index in [9.17, 15) is 4.79 Å². The maximum absolute atomic E-state index is 10.7. The average molecular weight is 346 g/mol. The number of carboxylic acid groups (broad SMARTS) is 1. The Bertz CT molecular complexity index is 411. The van der Waals surface area contributed by atoms with Crippen LogP contribution in [-0.2, 0) is 11.2 Å². The van der Waals surface area contributed by atoms with Crippen LogP contribution in [0.25, 0.3) is 0 Å². The molecule has 0 amide bonds. The summed E-state index contributed by atoms with van der Waals surface area (Å²) in [6, 6.07) is 5.70. The molecule has 0 saturated heterocycles. The molecule has 92 valence electrons. The number of carbonyl (C=O) groups is 1. The van der Waals surface area contributed by atoms with Crippen LogP contribution < -0.4 is 4.74 Å². The molecule has 4 heteroatoms. The summed E-state index contributed by atoms with van der Waals surface area (Å²) in [5.41, 5.74) is 0.827. The number of hydrogen-bond donors (Lipinski definition) is 1. The number of benzene rings is 1. The zero-order valence-corrected chi connectivity index (χ0v) is 11.6. The second-order valence-electron chi connectivity index (χ2n) is 4.35. The third-order valence-corrected chi connectivity index (χ3v) is 4.02. The van der Waals surface area contributed by atoms with Crippen molar-refractivity contribution in [3.05, 3.63) is 27.3 Å². The maximum Gasteiger partial charge on any atom is 0.307 e. The predicted octanol–water partition coefficient (Wildman–Crippen LogP) is 3.24. The first kappa shape index (κ1) is 12.7. The van der Waals surface area contributed by atoms with Crippen LogP contribution in [0.4, 0.5) is 0 Å². The lowest BCUT2D eigenvalue weighted by molar-refractivity contribution is -0.136. The monoisotopic (exact) mass is 346 g/mol. The summed E-state index contributed by atoms with van der Waals surface area (Å²) in [7, 11) is 0. The smallest absolute Gasteiger partial charge is 0.307 e. The van der Waals surface area contributed by atoms with Crippen LogP contribution in [-0.4, -0.2) is 17.2 Å². The molecule has 0 aliphatic heterocycles. The molecule has 2 rings (SSSR count). The van der Waals surface area contributed by atoms with Gasteiger partial charge in [-0.2, -0.15) is 0 Å². The van der Waals surface area contributed by atoms with E-state index in [1.54, 1.807) is 0 Å². The Morgan fingerprint density at radius 1 is 1.41 bits per heavy atom. The summed E-state index contributed by atoms with van der Waals surface area (Å²) in [6.45, 7) is 0. The summed E-state index contributed by atoms with van der Waals surface area (Å²) in [4.78, 5) is 10.7. The van der Waals surface area contributed by atoms with Crippen molar-refractivity contribution < 1.29 is 14.6 Å². The molecule has 1 saturated carbocycles. The van der Waals surface area contributed by atoms with Gasteiger partial charge in [0.05, 0.1) is 12.5 Å². The lowest BCUT2D eigenvalue weighted by Gasteiger charge is -2.14. The Hall–Kier alpha value is -0.780. The third-order valence-electron chi connectivity index (χ3n) is 2.96. The van der Waals surface area contributed by atoms with Gasteiger partial charge in [-0.3, -0.25) is 4.79 Å². The molecule has 0 atom stereocenters. The second kappa shape index (κ2) is 5.71. The maximum atomic E-state index is 10.7. The number of aliphatic carboxylic acids is 1. The molecule has 1 aromatic rings. The van der Waals surface area contributed by atoms with E-state index in [-0.39, 0.29) is 6.42 Å². The highest BCUT2D eigenvalue weighted by Crippen LogP contribution is 2.26. The molecule has 1 aliphatic rings. The minimum absolute atomic E-state index is 0.0557. The van der Waals surface area contributed by atoms with E-state index in [2.05, 4.69) is 22.6 Å². The van der Waals surface area contributed by atoms with Gasteiger partial charge in [-0.25, -0.2) is 0 Å². The van der Waals surface area contributed by atoms with Gasteiger partial charge in [0.1, 0.15) is 5.75 Å². The first-order valence-electron chi connectivity index (χ1n) is 5.82. The van der Waals surface area contributed by atoms with Crippen LogP contribution in [0.2, 0.25) is 0 Å². The summed E-state index contributed by atoms with van der Waals surface area (Å²) in [6.07, 6.45) is 5.06. The highest BCUT2D eigenvalue weighted by molar-refractivity contribution is 14.1. The van der Waals surface area contributed by atoms with E-state index in [1.807, 2.05) is 18.2 Å². The highest BCUT2D eigenvalue weighted by Gasteiger charge is 2.17. The van der Waals surface area contributed by atoms with Crippen LogP contribution in [0.1, 0.15) is 31.2 Å². The van der Waals surface area contributed by atoms with Gasteiger partial charge in [0.15, 0.2) is 0 Å². The number of halogens is 1. The van der Waals surface area contributed by atoms with Crippen molar-refractivity contribution in [3.63, 3.8) is 0 Å². The zero-order chi connectivity index (χ0) is 12.3. The van der Waals surface area contributed by atoms with E-state index in [1.165, 1.54) is 12.8 Å². The Morgan fingerprint density at radius 2 is 2.12 bits per heavy atom. The van der Waals surface area contributed by atoms with Crippen LogP contribution in [0.3, 0.4) is 0 Å². The lowest BCUT2D eigenvalue weighted by Crippen LogP contribution is -2.11. The van der Waals surface area contributed by atoms with Gasteiger partial charge in [0.2, 0.25) is 0 Å². The quantitative estimate of drug-likeness (QED) is 0.852. The molecule has 0 radical (unpaired) electrons. The number of ether oxygens (including phenoxy) is 1. The number of hydrogen-bond acceptors (Lipinski definition) is 2. The van der Waals surface area contributed by atoms with E-state index >= 15 is 0 Å². The van der Waals surface area contributed by atoms with Crippen LogP contribution in [0.5, 0.6) is 5.75 Å². The van der Waals surface area contributed by atoms with Gasteiger partial charge in [0.25, 0.3) is 0 Å². The van der Waals surface area contributed by atoms with Crippen molar-refractivity contribution in [3.8, 4) is 5.75 Å². The van der Waals surface area contributed by atoms with Crippen LogP contribution in [0, 0.1) is 3.57 Å². The minimum Gasteiger partial charge on any atom is -0.490 e. The largest absolute Gasteiger partial charge is 0.490 e. The first-order chi connectivity index (χ1) is 8.15. The van der Waals surface area contributed by atoms with Gasteiger partial charge in [-0.05, 0) is 72.0 Å². The molecule has 0 spiro atoms. The molecule has 0 heterocycles. The van der Waals surface area contributed by atoms with Gasteiger partial charge in [-0.15, -0.1) is 0 Å². The fraction of sp³-hybridized carbons (Fsp3) is 0.462. The van der Waals surface area contributed by atoms with Gasteiger partial charge in [0, 0.05) is 3.57 Å². The second-order valence-corrected chi connectivity index (χ2v) is 5.51. The number of rotatable bonds is 4. The molecular formula is C13H15IO3. The predicted molar refractivity (Wildman–Crippen MR) is 73.4 cm³/mol. The normalized spacial score (nSPS) is 16.1. The van der Waals surface area contributed by atoms with Gasteiger partial charge < -0.3 is 9.84 Å². The fourth-order valence-electron chi connectivity index (χ4n) is 2.12. The Kier molecular flexibility index (Phi) is 4.25. The molecular weight excluding hydrogens is 331 g/mol. The van der Waals surface area contributed by atoms with Crippen LogP contribution in [0.15, 0.2) is 18.2 Å². The molecule has 1 N–H and O–H groups in total. The number of carboxylic acids is 1. The Labute approximate surface area is 114 Å². The zero-order valence-electron chi connectivity index (χ0n) is 9.49. The first-order valence-corrected chi connectivity index (χ1v) is 6.90. The Balaban J connectivity index is 2.09. The fourth-order valence-corrected chi connectivity index (χ4v) is 2.65. The third kappa shape index (κ3) is 3.59. The Morgan fingerprint density at radius 3 is 2.76 bits per heavy atom. The van der Waals surface area contributed by atoms with E-state index in [4.69, 9.17) is 9.84 Å². The average Bonchev–Trinajstić information content (AvgIpc) is 2.75. The molecule has 0 unspecified atom stereocenters. The van der Waals surface area contributed by atoms with Crippen molar-refractivity contribution >= 4 is 28.6 Å². The lowest BCUT2D eigenvalue weighted by atomic mass is 10.1. The van der Waals surface area contributed by atoms with E-state index in [0.717, 1.165) is 27.7 Å². The topological polar surface area (TPSA) is 46.5 Å². The van der Waals surface area contributed by atoms with Gasteiger partial charge >= 0.3 is 5.97 Å². The van der Waals surface area contributed by atoms with Gasteiger partial charge in [-0.1, -0.05) is 0 Å². The minimum atomic E-state index is -0.805. The molecule has 1 aromatic carbocycles. The highest BCUT2D eigenvalue weighted by atomic mass is 127. The molecule has 17 heavy (non-hydrogen) atoms. The summed E-state index contributed by atoms with van der Waals surface area (Å²) < 4.78 is 6.83. The van der Waals surface area contributed by atoms with Crippen molar-refractivity contribution in [2.45, 2.75) is 38.2 Å². The van der Waals surface area contributed by atoms with Crippen LogP contribution >= 0.6 is 22.6 Å². The van der Waals surface area contributed by atoms with E-state index in [0.29, 0.717) is 6.10 Å². The molecule has 0 aromatic heterocycles. The SMILES string of the molecule is O=C(O)Cc1cc(OC2CCCC2)ccc1I.